The van der Waals surface area contributed by atoms with Crippen LogP contribution in [0.1, 0.15) is 12.0 Å². The number of nitrogens with one attached hydrogen (secondary N) is 1. The van der Waals surface area contributed by atoms with E-state index in [9.17, 15) is 4.79 Å². The number of amides is 1. The first kappa shape index (κ1) is 14.5. The second-order valence-electron chi connectivity index (χ2n) is 4.26. The molecule has 0 atom stereocenters. The molecule has 0 bridgehead atoms. The monoisotopic (exact) mass is 250 g/mol. The molecule has 1 N–H and O–H groups in total. The molecule has 0 aromatic heterocycles. The van der Waals surface area contributed by atoms with Crippen LogP contribution in [-0.4, -0.2) is 45.1 Å². The number of methoxy groups -OCH3 is 1. The third-order valence-corrected chi connectivity index (χ3v) is 2.88. The standard InChI is InChI=1S/C14H22N2O2/c1-15-9-6-10-16(2)14(17)11-12-7-4-5-8-13(12)18-3/h4-5,7-8,15H,6,9-11H2,1-3H3. The minimum Gasteiger partial charge on any atom is -0.496 e. The fraction of sp³-hybridized carbons (Fsp3) is 0.500. The van der Waals surface area contributed by atoms with E-state index in [0.717, 1.165) is 30.8 Å². The Bertz CT molecular complexity index is 380. The van der Waals surface area contributed by atoms with Gasteiger partial charge in [-0.3, -0.25) is 4.79 Å². The molecule has 18 heavy (non-hydrogen) atoms. The van der Waals surface area contributed by atoms with Crippen molar-refractivity contribution in [1.29, 1.82) is 0 Å². The molecule has 0 aliphatic rings. The van der Waals surface area contributed by atoms with Crippen molar-refractivity contribution in [3.8, 4) is 5.75 Å². The molecule has 0 unspecified atom stereocenters. The van der Waals surface area contributed by atoms with E-state index in [-0.39, 0.29) is 5.91 Å². The smallest absolute Gasteiger partial charge is 0.226 e. The first-order valence-corrected chi connectivity index (χ1v) is 6.19. The summed E-state index contributed by atoms with van der Waals surface area (Å²) in [5, 5.41) is 3.07. The Hall–Kier alpha value is -1.55. The van der Waals surface area contributed by atoms with Gasteiger partial charge in [-0.1, -0.05) is 18.2 Å². The van der Waals surface area contributed by atoms with E-state index in [0.29, 0.717) is 6.42 Å². The number of hydrogen-bond acceptors (Lipinski definition) is 3. The lowest BCUT2D eigenvalue weighted by Crippen LogP contribution is -2.30. The lowest BCUT2D eigenvalue weighted by Gasteiger charge is -2.17. The molecule has 0 aliphatic carbocycles. The molecule has 0 saturated heterocycles. The second-order valence-corrected chi connectivity index (χ2v) is 4.26. The Labute approximate surface area is 109 Å². The van der Waals surface area contributed by atoms with Crippen molar-refractivity contribution in [3.63, 3.8) is 0 Å². The summed E-state index contributed by atoms with van der Waals surface area (Å²) in [5.41, 5.74) is 0.936. The lowest BCUT2D eigenvalue weighted by molar-refractivity contribution is -0.129. The zero-order valence-electron chi connectivity index (χ0n) is 11.4. The number of hydrogen-bond donors (Lipinski definition) is 1. The Morgan fingerprint density at radius 3 is 2.78 bits per heavy atom. The average molecular weight is 250 g/mol. The van der Waals surface area contributed by atoms with Crippen molar-refractivity contribution < 1.29 is 9.53 Å². The molecule has 1 amide bonds. The number of nitrogens with zero attached hydrogens (tertiary/aromatic N) is 1. The van der Waals surface area contributed by atoms with Gasteiger partial charge in [0.2, 0.25) is 5.91 Å². The maximum Gasteiger partial charge on any atom is 0.226 e. The molecule has 1 rings (SSSR count). The van der Waals surface area contributed by atoms with Crippen LogP contribution in [0, 0.1) is 0 Å². The zero-order chi connectivity index (χ0) is 13.4. The van der Waals surface area contributed by atoms with Crippen molar-refractivity contribution in [1.82, 2.24) is 10.2 Å². The van der Waals surface area contributed by atoms with Crippen LogP contribution in [0.15, 0.2) is 24.3 Å². The van der Waals surface area contributed by atoms with Gasteiger partial charge >= 0.3 is 0 Å². The molecule has 0 heterocycles. The van der Waals surface area contributed by atoms with E-state index in [4.69, 9.17) is 4.74 Å². The SMILES string of the molecule is CNCCCN(C)C(=O)Cc1ccccc1OC. The highest BCUT2D eigenvalue weighted by Gasteiger charge is 2.11. The van der Waals surface area contributed by atoms with E-state index in [1.54, 1.807) is 12.0 Å². The summed E-state index contributed by atoms with van der Waals surface area (Å²) in [6.07, 6.45) is 1.35. The van der Waals surface area contributed by atoms with Gasteiger partial charge in [-0.15, -0.1) is 0 Å². The molecule has 4 heteroatoms. The number of carbonyl (C=O) groups excluding carboxylic acids is 1. The molecule has 4 nitrogen and oxygen atoms in total. The average Bonchev–Trinajstić information content (AvgIpc) is 2.39. The van der Waals surface area contributed by atoms with E-state index >= 15 is 0 Å². The van der Waals surface area contributed by atoms with Crippen molar-refractivity contribution in [2.75, 3.05) is 34.3 Å². The van der Waals surface area contributed by atoms with Gasteiger partial charge in [0.1, 0.15) is 5.75 Å². The van der Waals surface area contributed by atoms with E-state index in [1.165, 1.54) is 0 Å². The Kier molecular flexibility index (Phi) is 6.22. The number of para-hydroxylation sites is 1. The topological polar surface area (TPSA) is 41.6 Å². The predicted octanol–water partition coefficient (Wildman–Crippen LogP) is 1.31. The molecule has 100 valence electrons. The van der Waals surface area contributed by atoms with Crippen LogP contribution in [0.2, 0.25) is 0 Å². The third-order valence-electron chi connectivity index (χ3n) is 2.88. The summed E-state index contributed by atoms with van der Waals surface area (Å²) < 4.78 is 5.24. The summed E-state index contributed by atoms with van der Waals surface area (Å²) >= 11 is 0. The largest absolute Gasteiger partial charge is 0.496 e. The quantitative estimate of drug-likeness (QED) is 0.742. The summed E-state index contributed by atoms with van der Waals surface area (Å²) in [5.74, 6) is 0.894. The minimum atomic E-state index is 0.121. The van der Waals surface area contributed by atoms with Gasteiger partial charge in [-0.25, -0.2) is 0 Å². The molecule has 0 radical (unpaired) electrons. The van der Waals surface area contributed by atoms with Crippen LogP contribution in [0.4, 0.5) is 0 Å². The molecule has 1 aromatic rings. The maximum atomic E-state index is 12.0. The van der Waals surface area contributed by atoms with Crippen LogP contribution in [0.25, 0.3) is 0 Å². The number of carbonyl (C=O) groups is 1. The molecular weight excluding hydrogens is 228 g/mol. The van der Waals surface area contributed by atoms with Gasteiger partial charge in [0, 0.05) is 19.2 Å². The van der Waals surface area contributed by atoms with Gasteiger partial charge in [-0.05, 0) is 26.1 Å². The first-order valence-electron chi connectivity index (χ1n) is 6.19. The minimum absolute atomic E-state index is 0.121. The highest BCUT2D eigenvalue weighted by molar-refractivity contribution is 5.79. The van der Waals surface area contributed by atoms with Gasteiger partial charge in [0.25, 0.3) is 0 Å². The summed E-state index contributed by atoms with van der Waals surface area (Å²) in [6.45, 7) is 1.70. The van der Waals surface area contributed by atoms with Crippen molar-refractivity contribution in [3.05, 3.63) is 29.8 Å². The maximum absolute atomic E-state index is 12.0. The molecule has 1 aromatic carbocycles. The number of benzene rings is 1. The van der Waals surface area contributed by atoms with Crippen molar-refractivity contribution >= 4 is 5.91 Å². The van der Waals surface area contributed by atoms with E-state index in [2.05, 4.69) is 5.32 Å². The summed E-state index contributed by atoms with van der Waals surface area (Å²) in [4.78, 5) is 13.8. The van der Waals surface area contributed by atoms with Gasteiger partial charge < -0.3 is 15.0 Å². The van der Waals surface area contributed by atoms with Crippen molar-refractivity contribution in [2.24, 2.45) is 0 Å². The lowest BCUT2D eigenvalue weighted by atomic mass is 10.1. The predicted molar refractivity (Wildman–Crippen MR) is 72.9 cm³/mol. The zero-order valence-corrected chi connectivity index (χ0v) is 11.4. The summed E-state index contributed by atoms with van der Waals surface area (Å²) in [6, 6.07) is 7.64. The van der Waals surface area contributed by atoms with Crippen LogP contribution in [0.3, 0.4) is 0 Å². The molecular formula is C14H22N2O2. The highest BCUT2D eigenvalue weighted by Crippen LogP contribution is 2.18. The van der Waals surface area contributed by atoms with Crippen LogP contribution < -0.4 is 10.1 Å². The molecule has 0 saturated carbocycles. The first-order chi connectivity index (χ1) is 8.69. The van der Waals surface area contributed by atoms with E-state index < -0.39 is 0 Å². The van der Waals surface area contributed by atoms with Crippen LogP contribution >= 0.6 is 0 Å². The second kappa shape index (κ2) is 7.71. The van der Waals surface area contributed by atoms with Gasteiger partial charge in [0.05, 0.1) is 13.5 Å². The highest BCUT2D eigenvalue weighted by atomic mass is 16.5. The van der Waals surface area contributed by atoms with Crippen molar-refractivity contribution in [2.45, 2.75) is 12.8 Å². The number of ether oxygens (including phenoxy) is 1. The fourth-order valence-electron chi connectivity index (χ4n) is 1.76. The van der Waals surface area contributed by atoms with Crippen LogP contribution in [-0.2, 0) is 11.2 Å². The normalized spacial score (nSPS) is 10.2. The Morgan fingerprint density at radius 2 is 2.11 bits per heavy atom. The Balaban J connectivity index is 2.53. The number of likely N-dealkylation sites (N-methyl/N-ethyl adjacent to an activating group) is 1. The number of rotatable bonds is 7. The van der Waals surface area contributed by atoms with Crippen LogP contribution in [0.5, 0.6) is 5.75 Å². The molecule has 0 spiro atoms. The molecule has 0 aliphatic heterocycles. The fourth-order valence-corrected chi connectivity index (χ4v) is 1.76. The van der Waals surface area contributed by atoms with E-state index in [1.807, 2.05) is 38.4 Å². The van der Waals surface area contributed by atoms with Gasteiger partial charge in [0.15, 0.2) is 0 Å². The molecule has 0 fully saturated rings. The summed E-state index contributed by atoms with van der Waals surface area (Å²) in [7, 11) is 5.38. The van der Waals surface area contributed by atoms with Gasteiger partial charge in [-0.2, -0.15) is 0 Å². The third kappa shape index (κ3) is 4.37. The Morgan fingerprint density at radius 1 is 1.39 bits per heavy atom.